The average Bonchev–Trinajstić information content (AvgIpc) is 3.27. The number of likely N-dealkylation sites (tertiary alicyclic amines) is 1. The van der Waals surface area contributed by atoms with Gasteiger partial charge in [-0.3, -0.25) is 4.90 Å². The number of piperidine rings is 1. The highest BCUT2D eigenvalue weighted by atomic mass is 16.5. The second-order valence-electron chi connectivity index (χ2n) is 7.96. The van der Waals surface area contributed by atoms with Gasteiger partial charge in [0, 0.05) is 31.3 Å². The third-order valence-electron chi connectivity index (χ3n) is 6.09. The fourth-order valence-corrected chi connectivity index (χ4v) is 4.52. The van der Waals surface area contributed by atoms with E-state index >= 15 is 0 Å². The molecule has 0 bridgehead atoms. The van der Waals surface area contributed by atoms with Crippen LogP contribution in [-0.4, -0.2) is 47.5 Å². The van der Waals surface area contributed by atoms with Crippen molar-refractivity contribution in [3.63, 3.8) is 0 Å². The number of carboxylic acid groups (broad SMARTS) is 1. The van der Waals surface area contributed by atoms with Crippen molar-refractivity contribution in [2.24, 2.45) is 0 Å². The maximum Gasteiger partial charge on any atom is 0.335 e. The van der Waals surface area contributed by atoms with Gasteiger partial charge >= 0.3 is 5.97 Å². The highest BCUT2D eigenvalue weighted by Gasteiger charge is 2.31. The van der Waals surface area contributed by atoms with Crippen molar-refractivity contribution in [3.8, 4) is 5.75 Å². The van der Waals surface area contributed by atoms with Gasteiger partial charge in [0.05, 0.1) is 30.4 Å². The molecule has 2 atom stereocenters. The number of aromatic carboxylic acids is 1. The Labute approximate surface area is 181 Å². The van der Waals surface area contributed by atoms with Gasteiger partial charge in [-0.1, -0.05) is 17.3 Å². The van der Waals surface area contributed by atoms with Crippen LogP contribution < -0.4 is 4.74 Å². The van der Waals surface area contributed by atoms with Crippen LogP contribution in [0.15, 0.2) is 41.1 Å². The molecular formula is C24H28N2O5. The summed E-state index contributed by atoms with van der Waals surface area (Å²) >= 11 is 0. The fourth-order valence-electron chi connectivity index (χ4n) is 4.52. The van der Waals surface area contributed by atoms with Crippen LogP contribution in [0.4, 0.5) is 0 Å². The van der Waals surface area contributed by atoms with Gasteiger partial charge in [-0.25, -0.2) is 4.79 Å². The van der Waals surface area contributed by atoms with Gasteiger partial charge in [0.25, 0.3) is 0 Å². The second kappa shape index (κ2) is 9.08. The topological polar surface area (TPSA) is 85.0 Å². The Hall–Kier alpha value is -2.90. The molecule has 0 amide bonds. The summed E-state index contributed by atoms with van der Waals surface area (Å²) < 4.78 is 17.1. The minimum absolute atomic E-state index is 0.106. The molecule has 0 spiro atoms. The summed E-state index contributed by atoms with van der Waals surface area (Å²) in [7, 11) is 1.68. The number of fused-ring (bicyclic) bond motifs is 1. The molecule has 7 nitrogen and oxygen atoms in total. The minimum Gasteiger partial charge on any atom is -0.496 e. The molecule has 7 heteroatoms. The fraction of sp³-hybridized carbons (Fsp3) is 0.417. The van der Waals surface area contributed by atoms with Crippen LogP contribution in [0.5, 0.6) is 5.75 Å². The SMILES string of the molecule is CCO[C@H]1CCN(Cc2c(OC)cc(C)c3oncc23)[C@H](c2ccc(C(=O)O)cc2)C1. The van der Waals surface area contributed by atoms with E-state index in [2.05, 4.69) is 10.1 Å². The summed E-state index contributed by atoms with van der Waals surface area (Å²) in [4.78, 5) is 13.7. The first-order valence-corrected chi connectivity index (χ1v) is 10.6. The molecule has 1 aliphatic rings. The number of aromatic nitrogens is 1. The molecule has 2 heterocycles. The van der Waals surface area contributed by atoms with E-state index in [1.165, 1.54) is 0 Å². The lowest BCUT2D eigenvalue weighted by Crippen LogP contribution is -2.39. The van der Waals surface area contributed by atoms with Gasteiger partial charge in [0.2, 0.25) is 0 Å². The van der Waals surface area contributed by atoms with Crippen molar-refractivity contribution >= 4 is 16.9 Å². The monoisotopic (exact) mass is 424 g/mol. The second-order valence-corrected chi connectivity index (χ2v) is 7.96. The Bertz CT molecular complexity index is 1060. The number of methoxy groups -OCH3 is 1. The Morgan fingerprint density at radius 3 is 2.77 bits per heavy atom. The van der Waals surface area contributed by atoms with Crippen molar-refractivity contribution in [3.05, 3.63) is 58.8 Å². The van der Waals surface area contributed by atoms with Crippen molar-refractivity contribution < 1.29 is 23.9 Å². The zero-order valence-electron chi connectivity index (χ0n) is 18.1. The van der Waals surface area contributed by atoms with Crippen LogP contribution in [0.1, 0.15) is 52.9 Å². The van der Waals surface area contributed by atoms with E-state index in [1.807, 2.05) is 32.0 Å². The Kier molecular flexibility index (Phi) is 6.25. The molecule has 1 aliphatic heterocycles. The summed E-state index contributed by atoms with van der Waals surface area (Å²) in [5.41, 5.74) is 4.19. The maximum atomic E-state index is 11.3. The number of rotatable bonds is 7. The van der Waals surface area contributed by atoms with E-state index in [4.69, 9.17) is 14.0 Å². The van der Waals surface area contributed by atoms with Gasteiger partial charge in [-0.05, 0) is 56.0 Å². The summed E-state index contributed by atoms with van der Waals surface area (Å²) in [5.74, 6) is -0.0985. The third kappa shape index (κ3) is 4.29. The van der Waals surface area contributed by atoms with Crippen LogP contribution in [0.25, 0.3) is 11.0 Å². The van der Waals surface area contributed by atoms with Crippen LogP contribution in [0.2, 0.25) is 0 Å². The van der Waals surface area contributed by atoms with Gasteiger partial charge < -0.3 is 19.1 Å². The molecule has 31 heavy (non-hydrogen) atoms. The van der Waals surface area contributed by atoms with Gasteiger partial charge in [-0.2, -0.15) is 0 Å². The van der Waals surface area contributed by atoms with E-state index in [0.29, 0.717) is 18.7 Å². The van der Waals surface area contributed by atoms with E-state index in [-0.39, 0.29) is 12.1 Å². The highest BCUT2D eigenvalue weighted by Crippen LogP contribution is 2.38. The van der Waals surface area contributed by atoms with Crippen molar-refractivity contribution in [1.82, 2.24) is 10.1 Å². The summed E-state index contributed by atoms with van der Waals surface area (Å²) in [5, 5.41) is 14.2. The summed E-state index contributed by atoms with van der Waals surface area (Å²) in [6.07, 6.45) is 3.73. The van der Waals surface area contributed by atoms with Crippen molar-refractivity contribution in [1.29, 1.82) is 0 Å². The number of carbonyl (C=O) groups is 1. The molecule has 1 aromatic heterocycles. The Morgan fingerprint density at radius 2 is 2.10 bits per heavy atom. The number of benzene rings is 2. The van der Waals surface area contributed by atoms with E-state index in [1.54, 1.807) is 25.4 Å². The molecule has 1 fully saturated rings. The number of hydrogen-bond donors (Lipinski definition) is 1. The first kappa shape index (κ1) is 21.3. The molecule has 1 saturated heterocycles. The van der Waals surface area contributed by atoms with E-state index in [0.717, 1.165) is 52.8 Å². The third-order valence-corrected chi connectivity index (χ3v) is 6.09. The smallest absolute Gasteiger partial charge is 0.335 e. The molecule has 3 aromatic rings. The molecule has 2 aromatic carbocycles. The number of ether oxygens (including phenoxy) is 2. The minimum atomic E-state index is -0.918. The molecule has 0 aliphatic carbocycles. The summed E-state index contributed by atoms with van der Waals surface area (Å²) in [6.45, 7) is 6.22. The first-order valence-electron chi connectivity index (χ1n) is 10.6. The highest BCUT2D eigenvalue weighted by molar-refractivity contribution is 5.87. The summed E-state index contributed by atoms with van der Waals surface area (Å²) in [6, 6.07) is 9.27. The quantitative estimate of drug-likeness (QED) is 0.594. The largest absolute Gasteiger partial charge is 0.496 e. The molecule has 1 N–H and O–H groups in total. The number of nitrogens with zero attached hydrogens (tertiary/aromatic N) is 2. The van der Waals surface area contributed by atoms with Crippen molar-refractivity contribution in [2.75, 3.05) is 20.3 Å². The predicted molar refractivity (Wildman–Crippen MR) is 116 cm³/mol. The van der Waals surface area contributed by atoms with Crippen molar-refractivity contribution in [2.45, 2.75) is 45.4 Å². The van der Waals surface area contributed by atoms with Crippen LogP contribution in [0, 0.1) is 6.92 Å². The van der Waals surface area contributed by atoms with Gasteiger partial charge in [0.15, 0.2) is 5.58 Å². The lowest BCUT2D eigenvalue weighted by Gasteiger charge is -2.40. The average molecular weight is 424 g/mol. The van der Waals surface area contributed by atoms with Crippen LogP contribution in [0.3, 0.4) is 0 Å². The maximum absolute atomic E-state index is 11.3. The molecule has 0 unspecified atom stereocenters. The van der Waals surface area contributed by atoms with E-state index in [9.17, 15) is 9.90 Å². The standard InChI is InChI=1S/C24H28N2O5/c1-4-30-18-9-10-26(21(12-18)16-5-7-17(8-6-16)24(27)28)14-20-19-13-25-31-23(19)15(2)11-22(20)29-3/h5-8,11,13,18,21H,4,9-10,12,14H2,1-3H3,(H,27,28)/t18-,21-/m0/s1. The lowest BCUT2D eigenvalue weighted by molar-refractivity contribution is -0.0138. The van der Waals surface area contributed by atoms with Gasteiger partial charge in [0.1, 0.15) is 5.75 Å². The first-order chi connectivity index (χ1) is 15.0. The van der Waals surface area contributed by atoms with E-state index < -0.39 is 5.97 Å². The van der Waals surface area contributed by atoms with Crippen LogP contribution in [-0.2, 0) is 11.3 Å². The molecule has 4 rings (SSSR count). The number of aryl methyl sites for hydroxylation is 1. The van der Waals surface area contributed by atoms with Crippen LogP contribution >= 0.6 is 0 Å². The zero-order chi connectivity index (χ0) is 22.0. The Morgan fingerprint density at radius 1 is 1.32 bits per heavy atom. The molecule has 164 valence electrons. The Balaban J connectivity index is 1.69. The zero-order valence-corrected chi connectivity index (χ0v) is 18.1. The molecule has 0 saturated carbocycles. The lowest BCUT2D eigenvalue weighted by atomic mass is 9.91. The predicted octanol–water partition coefficient (Wildman–Crippen LogP) is 4.59. The molecular weight excluding hydrogens is 396 g/mol. The number of carboxylic acids is 1. The normalized spacial score (nSPS) is 19.6. The molecule has 0 radical (unpaired) electrons. The number of hydrogen-bond acceptors (Lipinski definition) is 6. The van der Waals surface area contributed by atoms with Gasteiger partial charge in [-0.15, -0.1) is 0 Å².